The van der Waals surface area contributed by atoms with Crippen molar-refractivity contribution in [2.75, 3.05) is 13.2 Å². The molecule has 6 nitrogen and oxygen atoms in total. The van der Waals surface area contributed by atoms with Crippen molar-refractivity contribution >= 4 is 0 Å². The van der Waals surface area contributed by atoms with Crippen LogP contribution in [0.3, 0.4) is 0 Å². The summed E-state index contributed by atoms with van der Waals surface area (Å²) in [4.78, 5) is 0. The Kier molecular flexibility index (Phi) is 3.48. The molecular formula is C15H14N4O2. The fraction of sp³-hybridized carbons (Fsp3) is 0.600. The smallest absolute Gasteiger partial charge is 0.187 e. The van der Waals surface area contributed by atoms with Gasteiger partial charge in [0, 0.05) is 13.2 Å². The van der Waals surface area contributed by atoms with E-state index in [1.165, 1.54) is 0 Å². The average molecular weight is 282 g/mol. The highest BCUT2D eigenvalue weighted by Gasteiger charge is 2.80. The lowest BCUT2D eigenvalue weighted by molar-refractivity contribution is -0.259. The molecule has 0 aromatic heterocycles. The highest BCUT2D eigenvalue weighted by molar-refractivity contribution is 5.50. The third-order valence-electron chi connectivity index (χ3n) is 4.36. The van der Waals surface area contributed by atoms with Crippen LogP contribution in [0.2, 0.25) is 0 Å². The van der Waals surface area contributed by atoms with Gasteiger partial charge in [0.05, 0.1) is 36.1 Å². The van der Waals surface area contributed by atoms with Crippen LogP contribution in [0.15, 0.2) is 12.2 Å². The molecule has 1 fully saturated rings. The summed E-state index contributed by atoms with van der Waals surface area (Å²) in [5.41, 5.74) is -3.61. The van der Waals surface area contributed by atoms with Gasteiger partial charge in [0.1, 0.15) is 0 Å². The first kappa shape index (κ1) is 15.0. The summed E-state index contributed by atoms with van der Waals surface area (Å²) < 4.78 is 11.5. The number of nitrogens with zero attached hydrogens (tertiary/aromatic N) is 4. The lowest BCUT2D eigenvalue weighted by atomic mass is 9.61. The monoisotopic (exact) mass is 282 g/mol. The first-order chi connectivity index (χ1) is 10.1. The normalized spacial score (nSPS) is 29.0. The molecule has 2 atom stereocenters. The van der Waals surface area contributed by atoms with E-state index in [4.69, 9.17) is 9.47 Å². The predicted octanol–water partition coefficient (Wildman–Crippen LogP) is 1.64. The lowest BCUT2D eigenvalue weighted by Gasteiger charge is -2.34. The van der Waals surface area contributed by atoms with Crippen molar-refractivity contribution in [3.05, 3.63) is 12.2 Å². The molecule has 0 amide bonds. The Morgan fingerprint density at radius 2 is 1.14 bits per heavy atom. The van der Waals surface area contributed by atoms with E-state index in [1.807, 2.05) is 24.3 Å². The fourth-order valence-corrected chi connectivity index (χ4v) is 3.60. The van der Waals surface area contributed by atoms with Crippen molar-refractivity contribution in [1.29, 1.82) is 21.0 Å². The number of fused-ring (bicyclic) bond motifs is 2. The maximum atomic E-state index is 9.59. The minimum absolute atomic E-state index is 0.286. The van der Waals surface area contributed by atoms with Gasteiger partial charge in [-0.05, 0) is 13.8 Å². The minimum atomic E-state index is -1.81. The van der Waals surface area contributed by atoms with E-state index < -0.39 is 28.5 Å². The molecule has 21 heavy (non-hydrogen) atoms. The molecule has 0 heterocycles. The molecule has 0 aromatic rings. The zero-order valence-corrected chi connectivity index (χ0v) is 11.8. The zero-order valence-electron chi connectivity index (χ0n) is 11.8. The van der Waals surface area contributed by atoms with E-state index in [2.05, 4.69) is 0 Å². The van der Waals surface area contributed by atoms with E-state index in [-0.39, 0.29) is 13.2 Å². The van der Waals surface area contributed by atoms with Gasteiger partial charge in [0.15, 0.2) is 16.6 Å². The zero-order chi connectivity index (χ0) is 15.7. The number of nitriles is 4. The summed E-state index contributed by atoms with van der Waals surface area (Å²) in [5, 5.41) is 38.3. The van der Waals surface area contributed by atoms with Crippen LogP contribution >= 0.6 is 0 Å². The van der Waals surface area contributed by atoms with Crippen LogP contribution in [0.5, 0.6) is 0 Å². The third-order valence-corrected chi connectivity index (χ3v) is 4.36. The van der Waals surface area contributed by atoms with Crippen LogP contribution in [0.1, 0.15) is 13.8 Å². The molecule has 0 radical (unpaired) electrons. The molecule has 2 aliphatic rings. The van der Waals surface area contributed by atoms with E-state index in [0.29, 0.717) is 0 Å². The van der Waals surface area contributed by atoms with Crippen LogP contribution in [0, 0.1) is 68.0 Å². The van der Waals surface area contributed by atoms with Crippen molar-refractivity contribution in [2.45, 2.75) is 19.6 Å². The van der Waals surface area contributed by atoms with Gasteiger partial charge in [0.25, 0.3) is 0 Å². The molecule has 1 saturated carbocycles. The van der Waals surface area contributed by atoms with Crippen molar-refractivity contribution in [1.82, 2.24) is 0 Å². The fourth-order valence-electron chi connectivity index (χ4n) is 3.60. The van der Waals surface area contributed by atoms with Gasteiger partial charge in [-0.15, -0.1) is 0 Å². The molecule has 2 aliphatic carbocycles. The molecule has 106 valence electrons. The molecule has 6 heteroatoms. The minimum Gasteiger partial charge on any atom is -0.349 e. The average Bonchev–Trinajstić information content (AvgIpc) is 2.95. The van der Waals surface area contributed by atoms with Crippen LogP contribution < -0.4 is 0 Å². The Balaban J connectivity index is 2.76. The summed E-state index contributed by atoms with van der Waals surface area (Å²) in [6.45, 7) is 4.10. The predicted molar refractivity (Wildman–Crippen MR) is 69.4 cm³/mol. The first-order valence-electron chi connectivity index (χ1n) is 6.70. The van der Waals surface area contributed by atoms with E-state index in [0.717, 1.165) is 0 Å². The first-order valence-corrected chi connectivity index (χ1v) is 6.70. The number of hydrogen-bond acceptors (Lipinski definition) is 6. The molecule has 0 aliphatic heterocycles. The standard InChI is InChI=1S/C15H14N4O2/c1-3-20-15(21-4-2)11-5-6-12(15)14(9-18,10-19)13(11,7-16)8-17/h5-6,11-12H,3-4H2,1-2H3/t11-,12-/m0/s1. The number of hydrogen-bond donors (Lipinski definition) is 0. The molecular weight excluding hydrogens is 268 g/mol. The maximum Gasteiger partial charge on any atom is 0.187 e. The van der Waals surface area contributed by atoms with Gasteiger partial charge in [-0.2, -0.15) is 21.0 Å². The molecule has 2 bridgehead atoms. The summed E-state index contributed by atoms with van der Waals surface area (Å²) in [6.07, 6.45) is 3.32. The molecule has 0 aromatic carbocycles. The molecule has 0 spiro atoms. The van der Waals surface area contributed by atoms with Crippen molar-refractivity contribution in [2.24, 2.45) is 22.7 Å². The van der Waals surface area contributed by atoms with Gasteiger partial charge in [0.2, 0.25) is 0 Å². The van der Waals surface area contributed by atoms with E-state index in [9.17, 15) is 21.0 Å². The van der Waals surface area contributed by atoms with Crippen molar-refractivity contribution < 1.29 is 9.47 Å². The highest BCUT2D eigenvalue weighted by Crippen LogP contribution is 2.68. The van der Waals surface area contributed by atoms with Gasteiger partial charge in [-0.25, -0.2) is 0 Å². The second-order valence-electron chi connectivity index (χ2n) is 4.99. The summed E-state index contributed by atoms with van der Waals surface area (Å²) >= 11 is 0. The van der Waals surface area contributed by atoms with Crippen LogP contribution in [-0.2, 0) is 9.47 Å². The van der Waals surface area contributed by atoms with Crippen molar-refractivity contribution in [3.63, 3.8) is 0 Å². The lowest BCUT2D eigenvalue weighted by Crippen LogP contribution is -2.44. The van der Waals surface area contributed by atoms with Crippen molar-refractivity contribution in [3.8, 4) is 24.3 Å². The van der Waals surface area contributed by atoms with Gasteiger partial charge >= 0.3 is 0 Å². The highest BCUT2D eigenvalue weighted by atomic mass is 16.7. The topological polar surface area (TPSA) is 114 Å². The number of rotatable bonds is 4. The van der Waals surface area contributed by atoms with E-state index >= 15 is 0 Å². The Labute approximate surface area is 123 Å². The number of ether oxygens (including phenoxy) is 2. The second kappa shape index (κ2) is 4.87. The molecule has 2 rings (SSSR count). The maximum absolute atomic E-state index is 9.59. The SMILES string of the molecule is CCOC1(OCC)[C@H]2C=C[C@H]1C(C#N)(C#N)C2(C#N)C#N. The summed E-state index contributed by atoms with van der Waals surface area (Å²) in [6, 6.07) is 7.62. The Morgan fingerprint density at radius 3 is 1.38 bits per heavy atom. The van der Waals surface area contributed by atoms with Crippen LogP contribution in [0.25, 0.3) is 0 Å². The summed E-state index contributed by atoms with van der Waals surface area (Å²) in [5.74, 6) is -2.85. The third kappa shape index (κ3) is 1.39. The largest absolute Gasteiger partial charge is 0.349 e. The Morgan fingerprint density at radius 1 is 0.810 bits per heavy atom. The Bertz CT molecular complexity index is 557. The van der Waals surface area contributed by atoms with Gasteiger partial charge in [-0.1, -0.05) is 12.2 Å². The quantitative estimate of drug-likeness (QED) is 0.572. The Hall–Kier alpha value is -2.38. The van der Waals surface area contributed by atoms with E-state index in [1.54, 1.807) is 26.0 Å². The molecule has 0 saturated heterocycles. The summed E-state index contributed by atoms with van der Waals surface area (Å²) in [7, 11) is 0. The van der Waals surface area contributed by atoms with Gasteiger partial charge < -0.3 is 9.47 Å². The van der Waals surface area contributed by atoms with Gasteiger partial charge in [-0.3, -0.25) is 0 Å². The molecule has 0 N–H and O–H groups in total. The molecule has 0 unspecified atom stereocenters. The van der Waals surface area contributed by atoms with Crippen LogP contribution in [-0.4, -0.2) is 19.0 Å². The van der Waals surface area contributed by atoms with Crippen LogP contribution in [0.4, 0.5) is 0 Å². The second-order valence-corrected chi connectivity index (χ2v) is 4.99.